The minimum absolute atomic E-state index is 0.654. The zero-order valence-corrected chi connectivity index (χ0v) is 11.5. The number of hydrogen-bond acceptors (Lipinski definition) is 3. The van der Waals surface area contributed by atoms with Gasteiger partial charge < -0.3 is 9.73 Å². The summed E-state index contributed by atoms with van der Waals surface area (Å²) in [5.74, 6) is 1.54. The highest BCUT2D eigenvalue weighted by molar-refractivity contribution is 6.34. The first-order valence-electron chi connectivity index (χ1n) is 7.08. The highest BCUT2D eigenvalue weighted by atomic mass is 35.5. The van der Waals surface area contributed by atoms with E-state index in [9.17, 15) is 0 Å². The number of fused-ring (bicyclic) bond motifs is 3. The van der Waals surface area contributed by atoms with Gasteiger partial charge in [-0.25, -0.2) is 4.98 Å². The first kappa shape index (κ1) is 11.7. The molecule has 2 aliphatic rings. The standard InChI is InChI=1S/C15H17ClN2O/c16-12-2-1-3-13-15(12)19-14(18-13)8-9-6-10-4-5-11(7-9)17-10/h1-3,9-11,17H,4-8H2. The lowest BCUT2D eigenvalue weighted by Gasteiger charge is -2.28. The SMILES string of the molecule is Clc1cccc2nc(CC3CC4CCC(C3)N4)oc12. The third kappa shape index (κ3) is 2.15. The molecular weight excluding hydrogens is 260 g/mol. The lowest BCUT2D eigenvalue weighted by atomic mass is 9.90. The topological polar surface area (TPSA) is 38.1 Å². The molecule has 4 heteroatoms. The number of nitrogens with zero attached hydrogens (tertiary/aromatic N) is 1. The third-order valence-electron chi connectivity index (χ3n) is 4.45. The minimum Gasteiger partial charge on any atom is -0.439 e. The fraction of sp³-hybridized carbons (Fsp3) is 0.533. The molecule has 0 amide bonds. The molecule has 2 bridgehead atoms. The first-order chi connectivity index (χ1) is 9.28. The molecule has 100 valence electrons. The molecule has 19 heavy (non-hydrogen) atoms. The number of oxazole rings is 1. The third-order valence-corrected chi connectivity index (χ3v) is 4.74. The predicted molar refractivity (Wildman–Crippen MR) is 75.4 cm³/mol. The summed E-state index contributed by atoms with van der Waals surface area (Å²) in [5.41, 5.74) is 1.61. The van der Waals surface area contributed by atoms with Gasteiger partial charge in [0, 0.05) is 18.5 Å². The molecule has 2 atom stereocenters. The summed E-state index contributed by atoms with van der Waals surface area (Å²) in [6, 6.07) is 7.17. The van der Waals surface area contributed by atoms with Gasteiger partial charge in [-0.3, -0.25) is 0 Å². The Bertz CT molecular complexity index is 597. The summed E-state index contributed by atoms with van der Waals surface area (Å²) in [6.45, 7) is 0. The van der Waals surface area contributed by atoms with Crippen LogP contribution in [0.25, 0.3) is 11.1 Å². The molecule has 1 aromatic carbocycles. The highest BCUT2D eigenvalue weighted by Crippen LogP contribution is 2.33. The number of aromatic nitrogens is 1. The molecule has 2 fully saturated rings. The molecule has 4 rings (SSSR count). The van der Waals surface area contributed by atoms with Crippen molar-refractivity contribution < 1.29 is 4.42 Å². The van der Waals surface area contributed by atoms with E-state index < -0.39 is 0 Å². The average molecular weight is 277 g/mol. The second kappa shape index (κ2) is 4.50. The molecule has 2 aliphatic heterocycles. The Balaban J connectivity index is 1.56. The second-order valence-corrected chi connectivity index (χ2v) is 6.28. The summed E-state index contributed by atoms with van der Waals surface area (Å²) in [5, 5.41) is 4.32. The molecule has 2 unspecified atom stereocenters. The van der Waals surface area contributed by atoms with E-state index in [1.807, 2.05) is 18.2 Å². The average Bonchev–Trinajstić information content (AvgIpc) is 2.94. The van der Waals surface area contributed by atoms with E-state index in [2.05, 4.69) is 10.3 Å². The van der Waals surface area contributed by atoms with Crippen LogP contribution in [-0.4, -0.2) is 17.1 Å². The van der Waals surface area contributed by atoms with Gasteiger partial charge in [0.2, 0.25) is 0 Å². The normalized spacial score (nSPS) is 30.1. The Morgan fingerprint density at radius 2 is 2.05 bits per heavy atom. The molecule has 3 nitrogen and oxygen atoms in total. The number of piperidine rings is 1. The van der Waals surface area contributed by atoms with E-state index in [-0.39, 0.29) is 0 Å². The number of para-hydroxylation sites is 1. The van der Waals surface area contributed by atoms with Gasteiger partial charge in [0.15, 0.2) is 11.5 Å². The van der Waals surface area contributed by atoms with Crippen LogP contribution >= 0.6 is 11.6 Å². The molecule has 1 aromatic heterocycles. The van der Waals surface area contributed by atoms with Gasteiger partial charge >= 0.3 is 0 Å². The minimum atomic E-state index is 0.654. The fourth-order valence-electron chi connectivity index (χ4n) is 3.64. The first-order valence-corrected chi connectivity index (χ1v) is 7.46. The summed E-state index contributed by atoms with van der Waals surface area (Å²) in [7, 11) is 0. The van der Waals surface area contributed by atoms with Crippen molar-refractivity contribution in [3.8, 4) is 0 Å². The van der Waals surface area contributed by atoms with Crippen molar-refractivity contribution in [2.75, 3.05) is 0 Å². The molecule has 0 radical (unpaired) electrons. The van der Waals surface area contributed by atoms with Crippen LogP contribution in [0, 0.1) is 5.92 Å². The Morgan fingerprint density at radius 3 is 2.79 bits per heavy atom. The largest absolute Gasteiger partial charge is 0.439 e. The van der Waals surface area contributed by atoms with Crippen molar-refractivity contribution in [1.29, 1.82) is 0 Å². The maximum absolute atomic E-state index is 6.13. The summed E-state index contributed by atoms with van der Waals surface area (Å²) >= 11 is 6.13. The molecule has 0 saturated carbocycles. The number of nitrogens with one attached hydrogen (secondary N) is 1. The zero-order chi connectivity index (χ0) is 12.8. The van der Waals surface area contributed by atoms with Crippen molar-refractivity contribution in [3.05, 3.63) is 29.1 Å². The van der Waals surface area contributed by atoms with Crippen LogP contribution in [0.3, 0.4) is 0 Å². The van der Waals surface area contributed by atoms with E-state index >= 15 is 0 Å². The molecule has 0 aliphatic carbocycles. The van der Waals surface area contributed by atoms with Gasteiger partial charge in [-0.2, -0.15) is 0 Å². The van der Waals surface area contributed by atoms with Crippen molar-refractivity contribution in [1.82, 2.24) is 10.3 Å². The van der Waals surface area contributed by atoms with E-state index in [1.165, 1.54) is 25.7 Å². The number of hydrogen-bond donors (Lipinski definition) is 1. The Labute approximate surface area is 117 Å². The van der Waals surface area contributed by atoms with E-state index in [0.717, 1.165) is 35.5 Å². The second-order valence-electron chi connectivity index (χ2n) is 5.88. The van der Waals surface area contributed by atoms with Gasteiger partial charge in [0.25, 0.3) is 0 Å². The smallest absolute Gasteiger partial charge is 0.195 e. The summed E-state index contributed by atoms with van der Waals surface area (Å²) < 4.78 is 5.83. The molecule has 2 saturated heterocycles. The monoisotopic (exact) mass is 276 g/mol. The number of benzene rings is 1. The molecule has 0 spiro atoms. The zero-order valence-electron chi connectivity index (χ0n) is 10.7. The van der Waals surface area contributed by atoms with Gasteiger partial charge in [0.05, 0.1) is 5.02 Å². The van der Waals surface area contributed by atoms with Gasteiger partial charge in [-0.1, -0.05) is 17.7 Å². The van der Waals surface area contributed by atoms with E-state index in [4.69, 9.17) is 16.0 Å². The van der Waals surface area contributed by atoms with Crippen LogP contribution in [0.4, 0.5) is 0 Å². The van der Waals surface area contributed by atoms with Gasteiger partial charge in [0.1, 0.15) is 5.52 Å². The van der Waals surface area contributed by atoms with Crippen LogP contribution in [-0.2, 0) is 6.42 Å². The van der Waals surface area contributed by atoms with Crippen molar-refractivity contribution in [3.63, 3.8) is 0 Å². The quantitative estimate of drug-likeness (QED) is 0.911. The summed E-state index contributed by atoms with van der Waals surface area (Å²) in [4.78, 5) is 4.57. The van der Waals surface area contributed by atoms with E-state index in [0.29, 0.717) is 10.9 Å². The predicted octanol–water partition coefficient (Wildman–Crippen LogP) is 3.55. The Hall–Kier alpha value is -1.06. The fourth-order valence-corrected chi connectivity index (χ4v) is 3.85. The molecular formula is C15H17ClN2O. The molecule has 1 N–H and O–H groups in total. The Morgan fingerprint density at radius 1 is 1.26 bits per heavy atom. The maximum Gasteiger partial charge on any atom is 0.195 e. The van der Waals surface area contributed by atoms with Crippen LogP contribution < -0.4 is 5.32 Å². The lowest BCUT2D eigenvalue weighted by Crippen LogP contribution is -2.38. The maximum atomic E-state index is 6.13. The van der Waals surface area contributed by atoms with Crippen LogP contribution in [0.5, 0.6) is 0 Å². The van der Waals surface area contributed by atoms with Crippen molar-refractivity contribution in [2.45, 2.75) is 44.2 Å². The number of rotatable bonds is 2. The van der Waals surface area contributed by atoms with Gasteiger partial charge in [-0.05, 0) is 43.7 Å². The van der Waals surface area contributed by atoms with Crippen LogP contribution in [0.15, 0.2) is 22.6 Å². The Kier molecular flexibility index (Phi) is 2.78. The number of halogens is 1. The van der Waals surface area contributed by atoms with Crippen LogP contribution in [0.2, 0.25) is 5.02 Å². The van der Waals surface area contributed by atoms with Crippen molar-refractivity contribution in [2.24, 2.45) is 5.92 Å². The highest BCUT2D eigenvalue weighted by Gasteiger charge is 2.34. The lowest BCUT2D eigenvalue weighted by molar-refractivity contribution is 0.284. The van der Waals surface area contributed by atoms with Crippen molar-refractivity contribution >= 4 is 22.7 Å². The van der Waals surface area contributed by atoms with Crippen LogP contribution in [0.1, 0.15) is 31.6 Å². The van der Waals surface area contributed by atoms with Gasteiger partial charge in [-0.15, -0.1) is 0 Å². The molecule has 3 heterocycles. The summed E-state index contributed by atoms with van der Waals surface area (Å²) in [6.07, 6.45) is 6.12. The molecule has 2 aromatic rings. The van der Waals surface area contributed by atoms with E-state index in [1.54, 1.807) is 0 Å².